The van der Waals surface area contributed by atoms with Crippen LogP contribution in [0.1, 0.15) is 31.4 Å². The molecule has 1 fully saturated rings. The number of carbonyl (C=O) groups is 1. The Kier molecular flexibility index (Phi) is 4.20. The van der Waals surface area contributed by atoms with Crippen LogP contribution in [0, 0.1) is 0 Å². The number of carbonyl (C=O) groups excluding carboxylic acids is 1. The summed E-state index contributed by atoms with van der Waals surface area (Å²) in [6, 6.07) is 7.34. The third kappa shape index (κ3) is 2.82. The van der Waals surface area contributed by atoms with Crippen LogP contribution in [-0.2, 0) is 4.79 Å². The highest BCUT2D eigenvalue weighted by atomic mass is 16.5. The first-order valence-electron chi connectivity index (χ1n) is 6.48. The normalized spacial score (nSPS) is 17.6. The monoisotopic (exact) mass is 248 g/mol. The summed E-state index contributed by atoms with van der Waals surface area (Å²) in [7, 11) is 0. The molecule has 0 spiro atoms. The number of benzene rings is 1. The van der Waals surface area contributed by atoms with Crippen LogP contribution in [-0.4, -0.2) is 30.5 Å². The molecule has 1 unspecified atom stereocenters. The summed E-state index contributed by atoms with van der Waals surface area (Å²) < 4.78 is 5.47. The number of nitrogens with zero attached hydrogens (tertiary/aromatic N) is 1. The van der Waals surface area contributed by atoms with E-state index in [-0.39, 0.29) is 11.9 Å². The topological polar surface area (TPSA) is 55.6 Å². The van der Waals surface area contributed by atoms with Crippen molar-refractivity contribution >= 4 is 5.91 Å². The highest BCUT2D eigenvalue weighted by molar-refractivity contribution is 5.81. The van der Waals surface area contributed by atoms with Gasteiger partial charge in [0.25, 0.3) is 0 Å². The number of nitrogens with two attached hydrogens (primary N) is 1. The van der Waals surface area contributed by atoms with E-state index in [1.54, 1.807) is 0 Å². The third-order valence-corrected chi connectivity index (χ3v) is 3.26. The van der Waals surface area contributed by atoms with Gasteiger partial charge in [0.15, 0.2) is 0 Å². The lowest BCUT2D eigenvalue weighted by atomic mass is 10.0. The summed E-state index contributed by atoms with van der Waals surface area (Å²) in [5.41, 5.74) is 6.48. The standard InChI is InChI=1S/C14H20N2O2/c1-2-18-12-7-5-6-11(10-12)13(14(15)17)16-8-3-4-9-16/h5-7,10,13H,2-4,8-9H2,1H3,(H2,15,17). The van der Waals surface area contributed by atoms with Gasteiger partial charge in [0.2, 0.25) is 5.91 Å². The lowest BCUT2D eigenvalue weighted by Gasteiger charge is -2.25. The molecule has 1 aliphatic rings. The van der Waals surface area contributed by atoms with Gasteiger partial charge in [-0.1, -0.05) is 12.1 Å². The van der Waals surface area contributed by atoms with Crippen LogP contribution in [0.3, 0.4) is 0 Å². The maximum atomic E-state index is 11.7. The first-order chi connectivity index (χ1) is 8.72. The zero-order valence-electron chi connectivity index (χ0n) is 10.8. The molecule has 0 radical (unpaired) electrons. The van der Waals surface area contributed by atoms with Crippen molar-refractivity contribution < 1.29 is 9.53 Å². The molecule has 1 heterocycles. The fourth-order valence-electron chi connectivity index (χ4n) is 2.50. The molecule has 0 aliphatic carbocycles. The van der Waals surface area contributed by atoms with Crippen molar-refractivity contribution in [2.24, 2.45) is 5.73 Å². The van der Waals surface area contributed by atoms with Crippen molar-refractivity contribution in [3.63, 3.8) is 0 Å². The molecule has 0 saturated carbocycles. The van der Waals surface area contributed by atoms with E-state index in [1.807, 2.05) is 31.2 Å². The minimum Gasteiger partial charge on any atom is -0.494 e. The summed E-state index contributed by atoms with van der Waals surface area (Å²) in [5.74, 6) is 0.506. The average molecular weight is 248 g/mol. The summed E-state index contributed by atoms with van der Waals surface area (Å²) in [6.07, 6.45) is 2.27. The Hall–Kier alpha value is -1.55. The summed E-state index contributed by atoms with van der Waals surface area (Å²) >= 11 is 0. The third-order valence-electron chi connectivity index (χ3n) is 3.26. The maximum absolute atomic E-state index is 11.7. The quantitative estimate of drug-likeness (QED) is 0.863. The Bertz CT molecular complexity index is 414. The Morgan fingerprint density at radius 3 is 2.78 bits per heavy atom. The minimum atomic E-state index is -0.326. The molecular weight excluding hydrogens is 228 g/mol. The molecule has 98 valence electrons. The van der Waals surface area contributed by atoms with Crippen LogP contribution in [0.15, 0.2) is 24.3 Å². The molecule has 0 aromatic heterocycles. The zero-order chi connectivity index (χ0) is 13.0. The number of ether oxygens (including phenoxy) is 1. The number of amides is 1. The van der Waals surface area contributed by atoms with Gasteiger partial charge in [0.1, 0.15) is 11.8 Å². The van der Waals surface area contributed by atoms with Crippen molar-refractivity contribution in [2.45, 2.75) is 25.8 Å². The van der Waals surface area contributed by atoms with Gasteiger partial charge in [0, 0.05) is 0 Å². The number of hydrogen-bond acceptors (Lipinski definition) is 3. The van der Waals surface area contributed by atoms with E-state index in [4.69, 9.17) is 10.5 Å². The van der Waals surface area contributed by atoms with Crippen LogP contribution < -0.4 is 10.5 Å². The van der Waals surface area contributed by atoms with E-state index < -0.39 is 0 Å². The predicted octanol–water partition coefficient (Wildman–Crippen LogP) is 1.71. The van der Waals surface area contributed by atoms with Gasteiger partial charge in [-0.2, -0.15) is 0 Å². The van der Waals surface area contributed by atoms with Crippen molar-refractivity contribution in [1.29, 1.82) is 0 Å². The largest absolute Gasteiger partial charge is 0.494 e. The molecule has 2 N–H and O–H groups in total. The van der Waals surface area contributed by atoms with Gasteiger partial charge >= 0.3 is 0 Å². The van der Waals surface area contributed by atoms with Crippen LogP contribution in [0.5, 0.6) is 5.75 Å². The molecular formula is C14H20N2O2. The number of rotatable bonds is 5. The minimum absolute atomic E-state index is 0.287. The second-order valence-electron chi connectivity index (χ2n) is 4.55. The first kappa shape index (κ1) is 12.9. The summed E-state index contributed by atoms with van der Waals surface area (Å²) in [4.78, 5) is 13.8. The fourth-order valence-corrected chi connectivity index (χ4v) is 2.50. The van der Waals surface area contributed by atoms with E-state index in [0.717, 1.165) is 37.2 Å². The number of primary amides is 1. The first-order valence-corrected chi connectivity index (χ1v) is 6.48. The van der Waals surface area contributed by atoms with Gasteiger partial charge in [-0.3, -0.25) is 9.69 Å². The number of likely N-dealkylation sites (tertiary alicyclic amines) is 1. The van der Waals surface area contributed by atoms with Gasteiger partial charge in [-0.15, -0.1) is 0 Å². The van der Waals surface area contributed by atoms with E-state index >= 15 is 0 Å². The molecule has 2 rings (SSSR count). The van der Waals surface area contributed by atoms with Crippen molar-refractivity contribution in [3.8, 4) is 5.75 Å². The molecule has 4 heteroatoms. The smallest absolute Gasteiger partial charge is 0.239 e. The zero-order valence-corrected chi connectivity index (χ0v) is 10.8. The van der Waals surface area contributed by atoms with Gasteiger partial charge in [-0.25, -0.2) is 0 Å². The van der Waals surface area contributed by atoms with Crippen molar-refractivity contribution in [2.75, 3.05) is 19.7 Å². The molecule has 1 amide bonds. The Balaban J connectivity index is 2.24. The van der Waals surface area contributed by atoms with E-state index in [1.165, 1.54) is 0 Å². The molecule has 18 heavy (non-hydrogen) atoms. The summed E-state index contributed by atoms with van der Waals surface area (Å²) in [6.45, 7) is 4.44. The van der Waals surface area contributed by atoms with Crippen molar-refractivity contribution in [1.82, 2.24) is 4.90 Å². The maximum Gasteiger partial charge on any atom is 0.239 e. The summed E-state index contributed by atoms with van der Waals surface area (Å²) in [5, 5.41) is 0. The van der Waals surface area contributed by atoms with E-state index in [0.29, 0.717) is 6.61 Å². The molecule has 1 atom stereocenters. The highest BCUT2D eigenvalue weighted by Gasteiger charge is 2.28. The Morgan fingerprint density at radius 1 is 1.44 bits per heavy atom. The van der Waals surface area contributed by atoms with Crippen LogP contribution in [0.2, 0.25) is 0 Å². The second-order valence-corrected chi connectivity index (χ2v) is 4.55. The van der Waals surface area contributed by atoms with Gasteiger partial charge in [-0.05, 0) is 50.6 Å². The Labute approximate surface area is 108 Å². The SMILES string of the molecule is CCOc1cccc(C(C(N)=O)N2CCCC2)c1. The number of hydrogen-bond donors (Lipinski definition) is 1. The molecule has 0 bridgehead atoms. The van der Waals surface area contributed by atoms with Gasteiger partial charge in [0.05, 0.1) is 6.61 Å². The molecule has 1 aromatic carbocycles. The lowest BCUT2D eigenvalue weighted by Crippen LogP contribution is -2.36. The van der Waals surface area contributed by atoms with Crippen LogP contribution in [0.4, 0.5) is 0 Å². The lowest BCUT2D eigenvalue weighted by molar-refractivity contribution is -0.123. The van der Waals surface area contributed by atoms with Crippen molar-refractivity contribution in [3.05, 3.63) is 29.8 Å². The van der Waals surface area contributed by atoms with Crippen LogP contribution in [0.25, 0.3) is 0 Å². The van der Waals surface area contributed by atoms with E-state index in [2.05, 4.69) is 4.90 Å². The fraction of sp³-hybridized carbons (Fsp3) is 0.500. The Morgan fingerprint density at radius 2 is 2.17 bits per heavy atom. The molecule has 4 nitrogen and oxygen atoms in total. The molecule has 1 saturated heterocycles. The van der Waals surface area contributed by atoms with Gasteiger partial charge < -0.3 is 10.5 Å². The predicted molar refractivity (Wildman–Crippen MR) is 70.4 cm³/mol. The highest BCUT2D eigenvalue weighted by Crippen LogP contribution is 2.27. The van der Waals surface area contributed by atoms with Crippen LogP contribution >= 0.6 is 0 Å². The average Bonchev–Trinajstić information content (AvgIpc) is 2.83. The second kappa shape index (κ2) is 5.87. The van der Waals surface area contributed by atoms with E-state index in [9.17, 15) is 4.79 Å². The molecule has 1 aromatic rings. The molecule has 1 aliphatic heterocycles.